The number of para-hydroxylation sites is 1. The SMILES string of the molecule is FC1(F)CCN(Cc2cncc(-c3cnc4n[nH]c(-c5nc6c(-c7ccncc7)cccc6[nH]5)c4c3)c2)C1. The van der Waals surface area contributed by atoms with Crippen molar-refractivity contribution in [3.05, 3.63) is 79.0 Å². The Morgan fingerprint density at radius 2 is 1.82 bits per heavy atom. The number of hydrogen-bond donors (Lipinski definition) is 2. The van der Waals surface area contributed by atoms with Crippen LogP contribution in [0.2, 0.25) is 0 Å². The average molecular weight is 509 g/mol. The van der Waals surface area contributed by atoms with Crippen LogP contribution in [0.15, 0.2) is 73.4 Å². The van der Waals surface area contributed by atoms with E-state index in [9.17, 15) is 8.78 Å². The maximum absolute atomic E-state index is 13.6. The van der Waals surface area contributed by atoms with Gasteiger partial charge in [0.1, 0.15) is 5.69 Å². The van der Waals surface area contributed by atoms with E-state index in [1.54, 1.807) is 35.9 Å². The molecule has 0 saturated carbocycles. The first kappa shape index (κ1) is 22.6. The van der Waals surface area contributed by atoms with Crippen LogP contribution in [0, 0.1) is 0 Å². The quantitative estimate of drug-likeness (QED) is 0.321. The van der Waals surface area contributed by atoms with Crippen molar-refractivity contribution in [1.82, 2.24) is 40.0 Å². The van der Waals surface area contributed by atoms with E-state index in [1.807, 2.05) is 42.5 Å². The van der Waals surface area contributed by atoms with E-state index >= 15 is 0 Å². The van der Waals surface area contributed by atoms with Gasteiger partial charge >= 0.3 is 0 Å². The van der Waals surface area contributed by atoms with Gasteiger partial charge in [-0.15, -0.1) is 0 Å². The van der Waals surface area contributed by atoms with Gasteiger partial charge in [0.25, 0.3) is 5.92 Å². The lowest BCUT2D eigenvalue weighted by Gasteiger charge is -2.15. The molecular weight excluding hydrogens is 486 g/mol. The summed E-state index contributed by atoms with van der Waals surface area (Å²) in [5, 5.41) is 8.29. The van der Waals surface area contributed by atoms with Gasteiger partial charge < -0.3 is 4.98 Å². The summed E-state index contributed by atoms with van der Waals surface area (Å²) < 4.78 is 27.3. The maximum atomic E-state index is 13.6. The van der Waals surface area contributed by atoms with Crippen molar-refractivity contribution in [2.45, 2.75) is 18.9 Å². The molecule has 6 heterocycles. The van der Waals surface area contributed by atoms with E-state index in [1.165, 1.54) is 0 Å². The molecule has 0 spiro atoms. The van der Waals surface area contributed by atoms with Crippen LogP contribution < -0.4 is 0 Å². The second-order valence-electron chi connectivity index (χ2n) is 9.62. The highest BCUT2D eigenvalue weighted by Gasteiger charge is 2.37. The second-order valence-corrected chi connectivity index (χ2v) is 9.62. The van der Waals surface area contributed by atoms with Gasteiger partial charge in [-0.05, 0) is 41.5 Å². The zero-order valence-electron chi connectivity index (χ0n) is 20.2. The van der Waals surface area contributed by atoms with E-state index in [4.69, 9.17) is 4.98 Å². The van der Waals surface area contributed by atoms with Gasteiger partial charge in [0.15, 0.2) is 11.5 Å². The Morgan fingerprint density at radius 1 is 0.947 bits per heavy atom. The van der Waals surface area contributed by atoms with Crippen LogP contribution in [-0.4, -0.2) is 59.0 Å². The summed E-state index contributed by atoms with van der Waals surface area (Å²) in [6, 6.07) is 13.9. The molecule has 6 aromatic rings. The van der Waals surface area contributed by atoms with Crippen molar-refractivity contribution >= 4 is 22.1 Å². The largest absolute Gasteiger partial charge is 0.337 e. The molecule has 0 radical (unpaired) electrons. The first-order valence-electron chi connectivity index (χ1n) is 12.3. The minimum absolute atomic E-state index is 0.101. The standard InChI is InChI=1S/C28H22F2N8/c29-28(30)6-9-38(16-28)15-17-10-19(13-32-12-17)20-11-22-25(36-37-26(22)33-14-20)27-34-23-3-1-2-21(24(23)35-27)18-4-7-31-8-5-18/h1-5,7-8,10-14H,6,9,15-16H2,(H,34,35)(H,33,36,37). The monoisotopic (exact) mass is 508 g/mol. The predicted molar refractivity (Wildman–Crippen MR) is 140 cm³/mol. The molecule has 5 aromatic heterocycles. The van der Waals surface area contributed by atoms with Gasteiger partial charge in [0, 0.05) is 67.2 Å². The van der Waals surface area contributed by atoms with E-state index in [0.717, 1.165) is 49.9 Å². The van der Waals surface area contributed by atoms with Crippen molar-refractivity contribution in [3.63, 3.8) is 0 Å². The number of pyridine rings is 3. The Bertz CT molecular complexity index is 1780. The summed E-state index contributed by atoms with van der Waals surface area (Å²) in [5.74, 6) is -1.96. The minimum atomic E-state index is -2.62. The molecule has 38 heavy (non-hydrogen) atoms. The predicted octanol–water partition coefficient (Wildman–Crippen LogP) is 5.47. The van der Waals surface area contributed by atoms with Crippen LogP contribution >= 0.6 is 0 Å². The van der Waals surface area contributed by atoms with Crippen molar-refractivity contribution in [2.24, 2.45) is 0 Å². The topological polar surface area (TPSA) is 99.3 Å². The molecule has 188 valence electrons. The molecule has 0 aliphatic carbocycles. The number of rotatable bonds is 5. The fourth-order valence-electron chi connectivity index (χ4n) is 5.09. The zero-order chi connectivity index (χ0) is 25.7. The molecule has 1 aromatic carbocycles. The molecule has 1 aliphatic heterocycles. The van der Waals surface area contributed by atoms with Gasteiger partial charge in [0.05, 0.1) is 23.0 Å². The third-order valence-electron chi connectivity index (χ3n) is 6.93. The smallest absolute Gasteiger partial charge is 0.261 e. The first-order valence-corrected chi connectivity index (χ1v) is 12.3. The van der Waals surface area contributed by atoms with Gasteiger partial charge in [-0.2, -0.15) is 5.10 Å². The summed E-state index contributed by atoms with van der Waals surface area (Å²) in [6.07, 6.45) is 8.66. The summed E-state index contributed by atoms with van der Waals surface area (Å²) in [5.41, 5.74) is 7.70. The Labute approximate surface area is 215 Å². The minimum Gasteiger partial charge on any atom is -0.337 e. The number of H-pyrrole nitrogens is 2. The van der Waals surface area contributed by atoms with Crippen molar-refractivity contribution < 1.29 is 8.78 Å². The number of aromatic nitrogens is 7. The van der Waals surface area contributed by atoms with Gasteiger partial charge in [0.2, 0.25) is 0 Å². The molecule has 0 bridgehead atoms. The van der Waals surface area contributed by atoms with E-state index in [0.29, 0.717) is 24.6 Å². The molecule has 8 nitrogen and oxygen atoms in total. The lowest BCUT2D eigenvalue weighted by Crippen LogP contribution is -2.24. The third kappa shape index (κ3) is 4.08. The average Bonchev–Trinajstić information content (AvgIpc) is 3.64. The Hall–Kier alpha value is -4.57. The van der Waals surface area contributed by atoms with Crippen LogP contribution in [0.1, 0.15) is 12.0 Å². The molecular formula is C28H22F2N8. The van der Waals surface area contributed by atoms with Crippen LogP contribution in [-0.2, 0) is 6.54 Å². The third-order valence-corrected chi connectivity index (χ3v) is 6.93. The molecule has 0 amide bonds. The normalized spacial score (nSPS) is 15.5. The molecule has 1 aliphatic rings. The molecule has 7 rings (SSSR count). The zero-order valence-corrected chi connectivity index (χ0v) is 20.2. The highest BCUT2D eigenvalue weighted by molar-refractivity contribution is 5.97. The van der Waals surface area contributed by atoms with E-state index < -0.39 is 5.92 Å². The number of alkyl halides is 2. The van der Waals surface area contributed by atoms with Crippen LogP contribution in [0.5, 0.6) is 0 Å². The Balaban J connectivity index is 1.24. The number of hydrogen-bond acceptors (Lipinski definition) is 6. The lowest BCUT2D eigenvalue weighted by molar-refractivity contribution is 0.0115. The number of aromatic amines is 2. The summed E-state index contributed by atoms with van der Waals surface area (Å²) in [4.78, 5) is 23.1. The fraction of sp³-hybridized carbons (Fsp3) is 0.179. The molecule has 0 atom stereocenters. The van der Waals surface area contributed by atoms with Crippen LogP contribution in [0.25, 0.3) is 55.8 Å². The summed E-state index contributed by atoms with van der Waals surface area (Å²) in [6.45, 7) is 0.592. The van der Waals surface area contributed by atoms with Gasteiger partial charge in [-0.25, -0.2) is 18.7 Å². The van der Waals surface area contributed by atoms with Crippen LogP contribution in [0.4, 0.5) is 8.78 Å². The molecule has 2 N–H and O–H groups in total. The number of nitrogens with one attached hydrogen (secondary N) is 2. The van der Waals surface area contributed by atoms with Crippen molar-refractivity contribution in [3.8, 4) is 33.8 Å². The highest BCUT2D eigenvalue weighted by Crippen LogP contribution is 2.33. The summed E-state index contributed by atoms with van der Waals surface area (Å²) in [7, 11) is 0. The summed E-state index contributed by atoms with van der Waals surface area (Å²) >= 11 is 0. The Morgan fingerprint density at radius 3 is 2.66 bits per heavy atom. The van der Waals surface area contributed by atoms with Gasteiger partial charge in [-0.3, -0.25) is 20.0 Å². The van der Waals surface area contributed by atoms with E-state index in [2.05, 4.69) is 30.1 Å². The van der Waals surface area contributed by atoms with Crippen molar-refractivity contribution in [1.29, 1.82) is 0 Å². The Kier molecular flexibility index (Phi) is 5.22. The number of halogens is 2. The second kappa shape index (κ2) is 8.77. The first-order chi connectivity index (χ1) is 18.5. The number of imidazole rings is 1. The van der Waals surface area contributed by atoms with Crippen molar-refractivity contribution in [2.75, 3.05) is 13.1 Å². The lowest BCUT2D eigenvalue weighted by atomic mass is 10.1. The highest BCUT2D eigenvalue weighted by atomic mass is 19.3. The van der Waals surface area contributed by atoms with Crippen LogP contribution in [0.3, 0.4) is 0 Å². The molecule has 1 fully saturated rings. The van der Waals surface area contributed by atoms with Gasteiger partial charge in [-0.1, -0.05) is 12.1 Å². The molecule has 0 unspecified atom stereocenters. The molecule has 10 heteroatoms. The number of fused-ring (bicyclic) bond motifs is 2. The maximum Gasteiger partial charge on any atom is 0.261 e. The molecule has 1 saturated heterocycles. The number of likely N-dealkylation sites (tertiary alicyclic amines) is 1. The fourth-order valence-corrected chi connectivity index (χ4v) is 5.09. The number of benzene rings is 1. The number of nitrogens with zero attached hydrogens (tertiary/aromatic N) is 6. The van der Waals surface area contributed by atoms with E-state index in [-0.39, 0.29) is 13.0 Å².